The van der Waals surface area contributed by atoms with E-state index in [9.17, 15) is 21.6 Å². The molecule has 0 spiro atoms. The Morgan fingerprint density at radius 3 is 2.31 bits per heavy atom. The molecule has 1 fully saturated rings. The van der Waals surface area contributed by atoms with Crippen molar-refractivity contribution in [3.63, 3.8) is 0 Å². The molecule has 1 amide bonds. The number of sulfonamides is 1. The molecule has 26 heavy (non-hydrogen) atoms. The Kier molecular flexibility index (Phi) is 6.83. The molecular weight excluding hydrogens is 448 g/mol. The monoisotopic (exact) mass is 468 g/mol. The Balaban J connectivity index is 2.63. The van der Waals surface area contributed by atoms with Crippen molar-refractivity contribution in [2.75, 3.05) is 13.2 Å². The fourth-order valence-corrected chi connectivity index (χ4v) is 6.82. The van der Waals surface area contributed by atoms with E-state index in [4.69, 9.17) is 10.2 Å². The molecule has 1 aromatic carbocycles. The average Bonchev–Trinajstić information content (AvgIpc) is 2.59. The predicted molar refractivity (Wildman–Crippen MR) is 99.0 cm³/mol. The van der Waals surface area contributed by atoms with Crippen LogP contribution in [0.4, 0.5) is 0 Å². The molecule has 0 radical (unpaired) electrons. The lowest BCUT2D eigenvalue weighted by molar-refractivity contribution is 0.0941. The van der Waals surface area contributed by atoms with E-state index >= 15 is 0 Å². The van der Waals surface area contributed by atoms with Gasteiger partial charge in [0.05, 0.1) is 27.2 Å². The van der Waals surface area contributed by atoms with Crippen LogP contribution in [0.5, 0.6) is 0 Å². The molecule has 8 nitrogen and oxygen atoms in total. The smallest absolute Gasteiger partial charge is 0.252 e. The second-order valence-electron chi connectivity index (χ2n) is 6.11. The summed E-state index contributed by atoms with van der Waals surface area (Å²) >= 11 is 3.04. The Bertz CT molecular complexity index is 893. The Labute approximate surface area is 161 Å². The van der Waals surface area contributed by atoms with E-state index in [1.807, 2.05) is 0 Å². The summed E-state index contributed by atoms with van der Waals surface area (Å²) in [6, 6.07) is 2.08. The van der Waals surface area contributed by atoms with Gasteiger partial charge in [-0.2, -0.15) is 0 Å². The summed E-state index contributed by atoms with van der Waals surface area (Å²) in [5, 5.41) is 15.8. The molecule has 0 heterocycles. The van der Waals surface area contributed by atoms with Gasteiger partial charge in [0.1, 0.15) is 0 Å². The molecule has 1 aromatic rings. The topological polar surface area (TPSA) is 144 Å². The second-order valence-corrected chi connectivity index (χ2v) is 10.7. The largest absolute Gasteiger partial charge is 0.395 e. The minimum absolute atomic E-state index is 0.0203. The highest BCUT2D eigenvalue weighted by Gasteiger charge is 2.34. The fourth-order valence-electron chi connectivity index (χ4n) is 2.99. The third kappa shape index (κ3) is 4.63. The molecule has 0 aliphatic heterocycles. The number of aliphatic hydroxyl groups excluding tert-OH is 1. The first-order valence-electron chi connectivity index (χ1n) is 8.08. The number of rotatable bonds is 6. The van der Waals surface area contributed by atoms with Crippen molar-refractivity contribution in [2.24, 2.45) is 5.14 Å². The molecule has 0 bridgehead atoms. The van der Waals surface area contributed by atoms with Crippen molar-refractivity contribution in [3.8, 4) is 0 Å². The van der Waals surface area contributed by atoms with Crippen LogP contribution in [0, 0.1) is 0 Å². The maximum Gasteiger partial charge on any atom is 0.252 e. The van der Waals surface area contributed by atoms with E-state index in [0.29, 0.717) is 12.8 Å². The van der Waals surface area contributed by atoms with Gasteiger partial charge in [-0.3, -0.25) is 4.79 Å². The van der Waals surface area contributed by atoms with Crippen molar-refractivity contribution in [1.29, 1.82) is 0 Å². The van der Waals surface area contributed by atoms with E-state index in [2.05, 4.69) is 21.2 Å². The van der Waals surface area contributed by atoms with Crippen LogP contribution < -0.4 is 10.5 Å². The van der Waals surface area contributed by atoms with Gasteiger partial charge in [0.15, 0.2) is 9.84 Å². The third-order valence-electron chi connectivity index (χ3n) is 4.28. The fraction of sp³-hybridized carbons (Fsp3) is 0.533. The van der Waals surface area contributed by atoms with Crippen LogP contribution >= 0.6 is 15.9 Å². The zero-order valence-electron chi connectivity index (χ0n) is 13.9. The van der Waals surface area contributed by atoms with Crippen LogP contribution in [0.1, 0.15) is 42.5 Å². The van der Waals surface area contributed by atoms with Gasteiger partial charge in [-0.25, -0.2) is 22.0 Å². The number of primary sulfonamides is 1. The third-order valence-corrected chi connectivity index (χ3v) is 8.45. The van der Waals surface area contributed by atoms with Crippen molar-refractivity contribution >= 4 is 41.7 Å². The lowest BCUT2D eigenvalue weighted by Crippen LogP contribution is -2.31. The molecule has 1 aliphatic carbocycles. The maximum atomic E-state index is 13.1. The van der Waals surface area contributed by atoms with Crippen molar-refractivity contribution in [1.82, 2.24) is 5.32 Å². The number of nitrogens with two attached hydrogens (primary N) is 1. The van der Waals surface area contributed by atoms with Gasteiger partial charge in [0.2, 0.25) is 10.0 Å². The zero-order chi connectivity index (χ0) is 19.5. The van der Waals surface area contributed by atoms with Gasteiger partial charge < -0.3 is 10.4 Å². The second kappa shape index (κ2) is 8.34. The standard InChI is InChI=1S/C15H21BrN2O6S2/c16-12-9-13(25(21,22)10-4-2-1-3-5-10)11(15(20)18-6-7-19)8-14(12)26(17,23)24/h8-10,19H,1-7H2,(H,18,20)(H2,17,23,24). The van der Waals surface area contributed by atoms with Crippen molar-refractivity contribution in [3.05, 3.63) is 22.2 Å². The number of carbonyl (C=O) groups excluding carboxylic acids is 1. The number of hydrogen-bond donors (Lipinski definition) is 3. The first kappa shape index (κ1) is 21.3. The van der Waals surface area contributed by atoms with Crippen LogP contribution in [0.15, 0.2) is 26.4 Å². The van der Waals surface area contributed by atoms with Gasteiger partial charge >= 0.3 is 0 Å². The summed E-state index contributed by atoms with van der Waals surface area (Å²) in [6.07, 6.45) is 3.52. The summed E-state index contributed by atoms with van der Waals surface area (Å²) in [5.74, 6) is -0.786. The number of hydrogen-bond acceptors (Lipinski definition) is 6. The molecule has 146 valence electrons. The summed E-state index contributed by atoms with van der Waals surface area (Å²) in [5.41, 5.74) is -0.295. The van der Waals surface area contributed by atoms with Crippen LogP contribution in [0.2, 0.25) is 0 Å². The number of nitrogens with one attached hydrogen (secondary N) is 1. The highest BCUT2D eigenvalue weighted by atomic mass is 79.9. The van der Waals surface area contributed by atoms with Gasteiger partial charge in [-0.05, 0) is 40.9 Å². The minimum atomic E-state index is -4.17. The SMILES string of the molecule is NS(=O)(=O)c1cc(C(=O)NCCO)c(S(=O)(=O)C2CCCCC2)cc1Br. The van der Waals surface area contributed by atoms with Gasteiger partial charge in [0, 0.05) is 11.0 Å². The van der Waals surface area contributed by atoms with E-state index in [1.54, 1.807) is 0 Å². The molecule has 11 heteroatoms. The van der Waals surface area contributed by atoms with Crippen LogP contribution in [-0.4, -0.2) is 46.3 Å². The van der Waals surface area contributed by atoms with E-state index in [-0.39, 0.29) is 33.0 Å². The molecule has 0 saturated heterocycles. The zero-order valence-corrected chi connectivity index (χ0v) is 17.2. The number of sulfone groups is 1. The number of amides is 1. The van der Waals surface area contributed by atoms with Crippen LogP contribution in [0.3, 0.4) is 0 Å². The summed E-state index contributed by atoms with van der Waals surface area (Å²) in [4.78, 5) is 11.8. The lowest BCUT2D eigenvalue weighted by atomic mass is 10.0. The van der Waals surface area contributed by atoms with Crippen molar-refractivity contribution in [2.45, 2.75) is 47.1 Å². The van der Waals surface area contributed by atoms with Crippen LogP contribution in [-0.2, 0) is 19.9 Å². The number of aliphatic hydroxyl groups is 1. The number of carbonyl (C=O) groups is 1. The molecule has 1 saturated carbocycles. The van der Waals surface area contributed by atoms with E-state index in [1.165, 1.54) is 0 Å². The maximum absolute atomic E-state index is 13.1. The highest BCUT2D eigenvalue weighted by Crippen LogP contribution is 2.34. The highest BCUT2D eigenvalue weighted by molar-refractivity contribution is 9.10. The first-order chi connectivity index (χ1) is 12.1. The molecule has 0 aromatic heterocycles. The molecule has 0 atom stereocenters. The molecule has 1 aliphatic rings. The Hall–Kier alpha value is -1.01. The van der Waals surface area contributed by atoms with Gasteiger partial charge in [-0.15, -0.1) is 0 Å². The van der Waals surface area contributed by atoms with Gasteiger partial charge in [0.25, 0.3) is 5.91 Å². The number of halogens is 1. The van der Waals surface area contributed by atoms with Crippen LogP contribution in [0.25, 0.3) is 0 Å². The quantitative estimate of drug-likeness (QED) is 0.566. The van der Waals surface area contributed by atoms with Gasteiger partial charge in [-0.1, -0.05) is 19.3 Å². The Morgan fingerprint density at radius 2 is 1.77 bits per heavy atom. The molecule has 4 N–H and O–H groups in total. The molecule has 0 unspecified atom stereocenters. The molecule has 2 rings (SSSR count). The summed E-state index contributed by atoms with van der Waals surface area (Å²) < 4.78 is 49.6. The normalized spacial score (nSPS) is 16.4. The van der Waals surface area contributed by atoms with E-state index < -0.39 is 31.0 Å². The predicted octanol–water partition coefficient (Wildman–Crippen LogP) is 0.925. The summed E-state index contributed by atoms with van der Waals surface area (Å²) in [7, 11) is -8.00. The summed E-state index contributed by atoms with van der Waals surface area (Å²) in [6.45, 7) is -0.433. The Morgan fingerprint density at radius 1 is 1.15 bits per heavy atom. The first-order valence-corrected chi connectivity index (χ1v) is 12.0. The number of benzene rings is 1. The van der Waals surface area contributed by atoms with Crippen molar-refractivity contribution < 1.29 is 26.7 Å². The minimum Gasteiger partial charge on any atom is -0.395 e. The average molecular weight is 469 g/mol. The lowest BCUT2D eigenvalue weighted by Gasteiger charge is -2.23. The molecular formula is C15H21BrN2O6S2. The van der Waals surface area contributed by atoms with E-state index in [0.717, 1.165) is 31.4 Å².